The number of nitrogens with one attached hydrogen (secondary N) is 1. The molecular weight excluding hydrogens is 232 g/mol. The molecule has 0 radical (unpaired) electrons. The topological polar surface area (TPSA) is 15.3 Å². The second kappa shape index (κ2) is 5.96. The van der Waals surface area contributed by atoms with E-state index in [1.54, 1.807) is 0 Å². The summed E-state index contributed by atoms with van der Waals surface area (Å²) in [5.41, 5.74) is 2.82. The summed E-state index contributed by atoms with van der Waals surface area (Å²) in [5, 5.41) is 3.70. The van der Waals surface area contributed by atoms with Crippen molar-refractivity contribution in [3.8, 4) is 0 Å². The highest BCUT2D eigenvalue weighted by molar-refractivity contribution is 5.48. The van der Waals surface area contributed by atoms with Crippen LogP contribution in [0.3, 0.4) is 0 Å². The van der Waals surface area contributed by atoms with Gasteiger partial charge in [0.1, 0.15) is 0 Å². The Bertz CT molecular complexity index is 392. The lowest BCUT2D eigenvalue weighted by atomic mass is 10.1. The van der Waals surface area contributed by atoms with E-state index in [9.17, 15) is 0 Å². The molecule has 1 aromatic rings. The Balaban J connectivity index is 1.51. The molecule has 2 heteroatoms. The maximum atomic E-state index is 3.70. The zero-order valence-corrected chi connectivity index (χ0v) is 12.1. The molecule has 2 atom stereocenters. The largest absolute Gasteiger partial charge is 0.372 e. The summed E-state index contributed by atoms with van der Waals surface area (Å²) in [4.78, 5) is 2.50. The van der Waals surface area contributed by atoms with E-state index in [2.05, 4.69) is 41.4 Å². The van der Waals surface area contributed by atoms with Crippen LogP contribution in [0.1, 0.15) is 44.6 Å². The Hall–Kier alpha value is -1.02. The molecule has 2 nitrogen and oxygen atoms in total. The minimum absolute atomic E-state index is 0.744. The lowest BCUT2D eigenvalue weighted by Gasteiger charge is -2.18. The number of hydrogen-bond acceptors (Lipinski definition) is 2. The molecule has 1 aliphatic carbocycles. The SMILES string of the molecule is CC1CCC(NCc2ccc(N3CCCC3)cc2)C1. The Kier molecular flexibility index (Phi) is 4.07. The molecule has 2 aliphatic rings. The molecule has 1 saturated carbocycles. The van der Waals surface area contributed by atoms with Gasteiger partial charge in [-0.3, -0.25) is 0 Å². The van der Waals surface area contributed by atoms with Crippen LogP contribution >= 0.6 is 0 Å². The first-order valence-corrected chi connectivity index (χ1v) is 7.88. The molecule has 2 unspecified atom stereocenters. The summed E-state index contributed by atoms with van der Waals surface area (Å²) in [6, 6.07) is 9.91. The average molecular weight is 258 g/mol. The van der Waals surface area contributed by atoms with Crippen molar-refractivity contribution in [2.24, 2.45) is 5.92 Å². The molecule has 0 aromatic heterocycles. The van der Waals surface area contributed by atoms with Crippen molar-refractivity contribution in [1.82, 2.24) is 5.32 Å². The molecule has 1 heterocycles. The third-order valence-corrected chi connectivity index (χ3v) is 4.70. The minimum Gasteiger partial charge on any atom is -0.372 e. The van der Waals surface area contributed by atoms with Crippen LogP contribution < -0.4 is 10.2 Å². The Labute approximate surface area is 117 Å². The van der Waals surface area contributed by atoms with E-state index in [0.29, 0.717) is 0 Å². The zero-order chi connectivity index (χ0) is 13.1. The van der Waals surface area contributed by atoms with Crippen LogP contribution in [0, 0.1) is 5.92 Å². The van der Waals surface area contributed by atoms with E-state index in [1.165, 1.54) is 56.4 Å². The van der Waals surface area contributed by atoms with Crippen LogP contribution in [0.15, 0.2) is 24.3 Å². The van der Waals surface area contributed by atoms with Gasteiger partial charge in [-0.1, -0.05) is 19.1 Å². The fraction of sp³-hybridized carbons (Fsp3) is 0.647. The molecule has 1 saturated heterocycles. The number of hydrogen-bond donors (Lipinski definition) is 1. The molecule has 3 rings (SSSR count). The van der Waals surface area contributed by atoms with Gasteiger partial charge in [-0.2, -0.15) is 0 Å². The van der Waals surface area contributed by atoms with E-state index >= 15 is 0 Å². The predicted molar refractivity (Wildman–Crippen MR) is 81.5 cm³/mol. The van der Waals surface area contributed by atoms with Crippen molar-refractivity contribution >= 4 is 5.69 Å². The lowest BCUT2D eigenvalue weighted by molar-refractivity contribution is 0.502. The summed E-state index contributed by atoms with van der Waals surface area (Å²) < 4.78 is 0. The second-order valence-electron chi connectivity index (χ2n) is 6.36. The summed E-state index contributed by atoms with van der Waals surface area (Å²) >= 11 is 0. The highest BCUT2D eigenvalue weighted by Crippen LogP contribution is 2.25. The molecule has 19 heavy (non-hydrogen) atoms. The van der Waals surface area contributed by atoms with E-state index in [-0.39, 0.29) is 0 Å². The Morgan fingerprint density at radius 2 is 1.84 bits per heavy atom. The van der Waals surface area contributed by atoms with Gasteiger partial charge in [0, 0.05) is 31.4 Å². The maximum Gasteiger partial charge on any atom is 0.0366 e. The molecule has 0 amide bonds. The van der Waals surface area contributed by atoms with Crippen LogP contribution in [-0.2, 0) is 6.54 Å². The fourth-order valence-corrected chi connectivity index (χ4v) is 3.45. The van der Waals surface area contributed by atoms with Gasteiger partial charge in [0.05, 0.1) is 0 Å². The van der Waals surface area contributed by atoms with Gasteiger partial charge in [-0.25, -0.2) is 0 Å². The quantitative estimate of drug-likeness (QED) is 0.888. The number of benzene rings is 1. The normalized spacial score (nSPS) is 27.1. The molecule has 104 valence electrons. The third-order valence-electron chi connectivity index (χ3n) is 4.70. The lowest BCUT2D eigenvalue weighted by Crippen LogP contribution is -2.25. The van der Waals surface area contributed by atoms with E-state index in [1.807, 2.05) is 0 Å². The highest BCUT2D eigenvalue weighted by Gasteiger charge is 2.20. The smallest absolute Gasteiger partial charge is 0.0366 e. The zero-order valence-electron chi connectivity index (χ0n) is 12.1. The van der Waals surface area contributed by atoms with Gasteiger partial charge in [-0.05, 0) is 55.7 Å². The Morgan fingerprint density at radius 3 is 2.47 bits per heavy atom. The summed E-state index contributed by atoms with van der Waals surface area (Å²) in [5.74, 6) is 0.912. The molecule has 0 bridgehead atoms. The van der Waals surface area contributed by atoms with Crippen LogP contribution in [0.4, 0.5) is 5.69 Å². The van der Waals surface area contributed by atoms with Crippen LogP contribution in [0.25, 0.3) is 0 Å². The number of rotatable bonds is 4. The average Bonchev–Trinajstić information content (AvgIpc) is 3.08. The Morgan fingerprint density at radius 1 is 1.11 bits per heavy atom. The van der Waals surface area contributed by atoms with Crippen LogP contribution in [0.5, 0.6) is 0 Å². The molecule has 0 spiro atoms. The summed E-state index contributed by atoms with van der Waals surface area (Å²) in [6.07, 6.45) is 6.80. The van der Waals surface area contributed by atoms with Crippen molar-refractivity contribution in [1.29, 1.82) is 0 Å². The number of nitrogens with zero attached hydrogens (tertiary/aromatic N) is 1. The number of anilines is 1. The van der Waals surface area contributed by atoms with Crippen molar-refractivity contribution in [3.05, 3.63) is 29.8 Å². The van der Waals surface area contributed by atoms with Gasteiger partial charge in [0.2, 0.25) is 0 Å². The summed E-state index contributed by atoms with van der Waals surface area (Å²) in [7, 11) is 0. The molecule has 1 aliphatic heterocycles. The molecule has 1 N–H and O–H groups in total. The van der Waals surface area contributed by atoms with Gasteiger partial charge in [0.15, 0.2) is 0 Å². The van der Waals surface area contributed by atoms with Crippen molar-refractivity contribution in [2.75, 3.05) is 18.0 Å². The van der Waals surface area contributed by atoms with Gasteiger partial charge >= 0.3 is 0 Å². The van der Waals surface area contributed by atoms with Crippen molar-refractivity contribution < 1.29 is 0 Å². The third kappa shape index (κ3) is 3.30. The monoisotopic (exact) mass is 258 g/mol. The van der Waals surface area contributed by atoms with Crippen LogP contribution in [0.2, 0.25) is 0 Å². The first-order valence-electron chi connectivity index (χ1n) is 7.88. The van der Waals surface area contributed by atoms with E-state index in [0.717, 1.165) is 18.5 Å². The highest BCUT2D eigenvalue weighted by atomic mass is 15.1. The molecular formula is C17H26N2. The van der Waals surface area contributed by atoms with Gasteiger partial charge in [0.25, 0.3) is 0 Å². The van der Waals surface area contributed by atoms with Crippen molar-refractivity contribution in [2.45, 2.75) is 51.6 Å². The van der Waals surface area contributed by atoms with Crippen LogP contribution in [-0.4, -0.2) is 19.1 Å². The molecule has 1 aromatic carbocycles. The first-order chi connectivity index (χ1) is 9.31. The minimum atomic E-state index is 0.744. The van der Waals surface area contributed by atoms with Crippen molar-refractivity contribution in [3.63, 3.8) is 0 Å². The van der Waals surface area contributed by atoms with E-state index in [4.69, 9.17) is 0 Å². The molecule has 2 fully saturated rings. The summed E-state index contributed by atoms with van der Waals surface area (Å²) in [6.45, 7) is 5.86. The van der Waals surface area contributed by atoms with Gasteiger partial charge < -0.3 is 10.2 Å². The predicted octanol–water partition coefficient (Wildman–Crippen LogP) is 3.57. The maximum absolute atomic E-state index is 3.70. The van der Waals surface area contributed by atoms with E-state index < -0.39 is 0 Å². The second-order valence-corrected chi connectivity index (χ2v) is 6.36. The fourth-order valence-electron chi connectivity index (χ4n) is 3.45. The first kappa shape index (κ1) is 13.0. The van der Waals surface area contributed by atoms with Gasteiger partial charge in [-0.15, -0.1) is 0 Å². The standard InChI is InChI=1S/C17H26N2/c1-14-4-7-16(12-14)18-13-15-5-8-17(9-6-15)19-10-2-3-11-19/h5-6,8-9,14,16,18H,2-4,7,10-13H2,1H3.